The molecule has 1 fully saturated rings. The van der Waals surface area contributed by atoms with Gasteiger partial charge in [0.05, 0.1) is 29.3 Å². The van der Waals surface area contributed by atoms with Crippen LogP contribution in [0.4, 0.5) is 0 Å². The van der Waals surface area contributed by atoms with Gasteiger partial charge in [-0.05, 0) is 41.1 Å². The van der Waals surface area contributed by atoms with E-state index in [1.807, 2.05) is 29.5 Å². The summed E-state index contributed by atoms with van der Waals surface area (Å²) in [5.74, 6) is -0.130. The molecule has 0 unspecified atom stereocenters. The molecule has 2 rings (SSSR count). The highest BCUT2D eigenvalue weighted by atomic mass is 127. The molecule has 104 valence electrons. The number of hydrogen-bond acceptors (Lipinski definition) is 2. The van der Waals surface area contributed by atoms with Crippen molar-refractivity contribution in [3.63, 3.8) is 0 Å². The molecule has 3 nitrogen and oxygen atoms in total. The van der Waals surface area contributed by atoms with Gasteiger partial charge in [0.15, 0.2) is 0 Å². The second kappa shape index (κ2) is 5.76. The fraction of sp³-hybridized carbons (Fsp3) is 0.462. The lowest BCUT2D eigenvalue weighted by atomic mass is 9.89. The van der Waals surface area contributed by atoms with Gasteiger partial charge >= 0.3 is 0 Å². The van der Waals surface area contributed by atoms with E-state index >= 15 is 0 Å². The van der Waals surface area contributed by atoms with Crippen LogP contribution in [-0.2, 0) is 0 Å². The van der Waals surface area contributed by atoms with Crippen molar-refractivity contribution in [1.29, 1.82) is 0 Å². The molecule has 0 radical (unpaired) electrons. The Bertz CT molecular complexity index is 516. The highest BCUT2D eigenvalue weighted by Crippen LogP contribution is 2.31. The second-order valence-corrected chi connectivity index (χ2v) is 6.81. The normalized spacial score (nSPS) is 17.2. The van der Waals surface area contributed by atoms with E-state index in [2.05, 4.69) is 0 Å². The average molecular weight is 414 g/mol. The van der Waals surface area contributed by atoms with Crippen LogP contribution < -0.4 is 0 Å². The van der Waals surface area contributed by atoms with Crippen LogP contribution in [0.5, 0.6) is 0 Å². The molecule has 0 aliphatic carbocycles. The summed E-state index contributed by atoms with van der Waals surface area (Å²) in [5, 5.41) is 11.0. The van der Waals surface area contributed by atoms with Gasteiger partial charge in [-0.25, -0.2) is 0 Å². The van der Waals surface area contributed by atoms with Crippen molar-refractivity contribution < 1.29 is 9.90 Å². The lowest BCUT2D eigenvalue weighted by Crippen LogP contribution is -2.63. The highest BCUT2D eigenvalue weighted by Gasteiger charge is 2.43. The molecule has 19 heavy (non-hydrogen) atoms. The van der Waals surface area contributed by atoms with E-state index in [1.54, 1.807) is 17.0 Å². The van der Waals surface area contributed by atoms with Crippen molar-refractivity contribution in [2.24, 2.45) is 0 Å². The number of rotatable bonds is 3. The summed E-state index contributed by atoms with van der Waals surface area (Å²) >= 11 is 14.0. The zero-order valence-electron chi connectivity index (χ0n) is 10.4. The topological polar surface area (TPSA) is 40.5 Å². The van der Waals surface area contributed by atoms with E-state index in [0.29, 0.717) is 38.7 Å². The standard InChI is InChI=1S/C13H14Cl2INO2/c1-2-3-13(19)6-17(7-13)12(18)9-4-8(14)5-10(15)11(9)16/h4-5,19H,2-3,6-7H2,1H3. The maximum Gasteiger partial charge on any atom is 0.255 e. The summed E-state index contributed by atoms with van der Waals surface area (Å²) < 4.78 is 0.694. The molecular formula is C13H14Cl2INO2. The van der Waals surface area contributed by atoms with Crippen molar-refractivity contribution >= 4 is 51.7 Å². The summed E-state index contributed by atoms with van der Waals surface area (Å²) in [4.78, 5) is 14.0. The fourth-order valence-corrected chi connectivity index (χ4v) is 3.35. The van der Waals surface area contributed by atoms with E-state index in [9.17, 15) is 9.90 Å². The van der Waals surface area contributed by atoms with E-state index in [-0.39, 0.29) is 5.91 Å². The minimum absolute atomic E-state index is 0.130. The van der Waals surface area contributed by atoms with Crippen molar-refractivity contribution in [2.45, 2.75) is 25.4 Å². The molecule has 0 bridgehead atoms. The van der Waals surface area contributed by atoms with Crippen LogP contribution in [0.3, 0.4) is 0 Å². The predicted molar refractivity (Wildman–Crippen MR) is 84.9 cm³/mol. The summed E-state index contributed by atoms with van der Waals surface area (Å²) in [5.41, 5.74) is -0.227. The number of carbonyl (C=O) groups is 1. The first kappa shape index (κ1) is 15.4. The van der Waals surface area contributed by atoms with Crippen LogP contribution >= 0.6 is 45.8 Å². The molecular weight excluding hydrogens is 400 g/mol. The van der Waals surface area contributed by atoms with Gasteiger partial charge in [0.25, 0.3) is 5.91 Å². The van der Waals surface area contributed by atoms with E-state index in [4.69, 9.17) is 23.2 Å². The van der Waals surface area contributed by atoms with Gasteiger partial charge in [-0.2, -0.15) is 0 Å². The number of β-amino-alcohol motifs (C(OH)–C–C–N with tert-alkyl or cyclic N) is 1. The van der Waals surface area contributed by atoms with Crippen LogP contribution in [0.15, 0.2) is 12.1 Å². The lowest BCUT2D eigenvalue weighted by Gasteiger charge is -2.46. The largest absolute Gasteiger partial charge is 0.386 e. The maximum absolute atomic E-state index is 12.3. The summed E-state index contributed by atoms with van der Waals surface area (Å²) in [6.07, 6.45) is 1.61. The van der Waals surface area contributed by atoms with Gasteiger partial charge in [0, 0.05) is 8.59 Å². The summed E-state index contributed by atoms with van der Waals surface area (Å²) in [6, 6.07) is 3.24. The molecule has 1 aliphatic heterocycles. The SMILES string of the molecule is CCCC1(O)CN(C(=O)c2cc(Cl)cc(Cl)c2I)C1. The number of amides is 1. The van der Waals surface area contributed by atoms with E-state index in [0.717, 1.165) is 6.42 Å². The molecule has 1 heterocycles. The molecule has 1 aromatic rings. The molecule has 6 heteroatoms. The monoisotopic (exact) mass is 413 g/mol. The first-order chi connectivity index (χ1) is 8.86. The number of nitrogens with zero attached hydrogens (tertiary/aromatic N) is 1. The zero-order chi connectivity index (χ0) is 14.2. The Kier molecular flexibility index (Phi) is 4.65. The fourth-order valence-electron chi connectivity index (χ4n) is 2.31. The van der Waals surface area contributed by atoms with Gasteiger partial charge in [-0.3, -0.25) is 4.79 Å². The molecule has 1 N–H and O–H groups in total. The number of benzene rings is 1. The molecule has 1 aromatic carbocycles. The number of likely N-dealkylation sites (tertiary alicyclic amines) is 1. The first-order valence-electron chi connectivity index (χ1n) is 6.02. The number of hydrogen-bond donors (Lipinski definition) is 1. The van der Waals surface area contributed by atoms with E-state index in [1.165, 1.54) is 0 Å². The van der Waals surface area contributed by atoms with Crippen LogP contribution in [0, 0.1) is 3.57 Å². The predicted octanol–water partition coefficient (Wildman–Crippen LogP) is 3.59. The molecule has 1 amide bonds. The Morgan fingerprint density at radius 2 is 2.11 bits per heavy atom. The molecule has 0 saturated carbocycles. The van der Waals surface area contributed by atoms with Gasteiger partial charge < -0.3 is 10.0 Å². The number of aliphatic hydroxyl groups is 1. The van der Waals surface area contributed by atoms with Crippen LogP contribution in [0.1, 0.15) is 30.1 Å². The Balaban J connectivity index is 2.15. The Labute approximate surface area is 136 Å². The smallest absolute Gasteiger partial charge is 0.255 e. The third-order valence-corrected chi connectivity index (χ3v) is 5.19. The van der Waals surface area contributed by atoms with E-state index < -0.39 is 5.60 Å². The lowest BCUT2D eigenvalue weighted by molar-refractivity contribution is -0.0860. The summed E-state index contributed by atoms with van der Waals surface area (Å²) in [7, 11) is 0. The van der Waals surface area contributed by atoms with Crippen molar-refractivity contribution in [3.05, 3.63) is 31.3 Å². The molecule has 1 saturated heterocycles. The van der Waals surface area contributed by atoms with Crippen LogP contribution in [0.25, 0.3) is 0 Å². The third-order valence-electron chi connectivity index (χ3n) is 3.20. The van der Waals surface area contributed by atoms with Crippen molar-refractivity contribution in [3.8, 4) is 0 Å². The zero-order valence-corrected chi connectivity index (χ0v) is 14.1. The van der Waals surface area contributed by atoms with Gasteiger partial charge in [0.1, 0.15) is 0 Å². The maximum atomic E-state index is 12.3. The van der Waals surface area contributed by atoms with Gasteiger partial charge in [-0.15, -0.1) is 0 Å². The minimum Gasteiger partial charge on any atom is -0.386 e. The summed E-state index contributed by atoms with van der Waals surface area (Å²) in [6.45, 7) is 2.77. The second-order valence-electron chi connectivity index (χ2n) is 4.88. The van der Waals surface area contributed by atoms with Crippen molar-refractivity contribution in [1.82, 2.24) is 4.90 Å². The Morgan fingerprint density at radius 1 is 1.47 bits per heavy atom. The molecule has 0 aromatic heterocycles. The van der Waals surface area contributed by atoms with Gasteiger partial charge in [0.2, 0.25) is 0 Å². The average Bonchev–Trinajstić information content (AvgIpc) is 2.30. The molecule has 0 spiro atoms. The first-order valence-corrected chi connectivity index (χ1v) is 7.86. The van der Waals surface area contributed by atoms with Gasteiger partial charge in [-0.1, -0.05) is 36.5 Å². The minimum atomic E-state index is -0.724. The van der Waals surface area contributed by atoms with Crippen molar-refractivity contribution in [2.75, 3.05) is 13.1 Å². The quantitative estimate of drug-likeness (QED) is 0.607. The van der Waals surface area contributed by atoms with Crippen LogP contribution in [-0.4, -0.2) is 34.6 Å². The van der Waals surface area contributed by atoms with Crippen LogP contribution in [0.2, 0.25) is 10.0 Å². The Morgan fingerprint density at radius 3 is 2.68 bits per heavy atom. The number of carbonyl (C=O) groups excluding carboxylic acids is 1. The Hall–Kier alpha value is -0.0400. The molecule has 1 aliphatic rings. The third kappa shape index (κ3) is 3.17. The number of halogens is 3. The highest BCUT2D eigenvalue weighted by molar-refractivity contribution is 14.1. The molecule has 0 atom stereocenters.